The maximum absolute atomic E-state index is 12.0. The molecule has 0 atom stereocenters. The lowest BCUT2D eigenvalue weighted by atomic mass is 10.2. The number of nitrogens with one attached hydrogen (secondary N) is 3. The van der Waals surface area contributed by atoms with Crippen molar-refractivity contribution >= 4 is 27.8 Å². The highest BCUT2D eigenvalue weighted by Crippen LogP contribution is 2.15. The summed E-state index contributed by atoms with van der Waals surface area (Å²) < 4.78 is 0. The summed E-state index contributed by atoms with van der Waals surface area (Å²) in [5, 5.41) is 4.92. The SMILES string of the molecule is O=c1[nH]c(NCc2cc3ccccc3[nH]2)nc2ccccc12. The molecule has 4 rings (SSSR count). The third-order valence-electron chi connectivity index (χ3n) is 3.64. The number of para-hydroxylation sites is 2. The molecule has 2 heterocycles. The first kappa shape index (κ1) is 12.6. The first-order valence-electron chi connectivity index (χ1n) is 7.09. The van der Waals surface area contributed by atoms with E-state index in [1.807, 2.05) is 36.4 Å². The second-order valence-electron chi connectivity index (χ2n) is 5.17. The second-order valence-corrected chi connectivity index (χ2v) is 5.17. The number of aromatic amines is 2. The van der Waals surface area contributed by atoms with Gasteiger partial charge in [0.25, 0.3) is 5.56 Å². The Hall–Kier alpha value is -3.08. The summed E-state index contributed by atoms with van der Waals surface area (Å²) in [5.41, 5.74) is 2.69. The third-order valence-corrected chi connectivity index (χ3v) is 3.64. The standard InChI is InChI=1S/C17H14N4O/c22-16-13-6-2-4-8-15(13)20-17(21-16)18-10-12-9-11-5-1-3-7-14(11)19-12/h1-9,19H,10H2,(H2,18,20,21,22). The molecule has 0 aliphatic heterocycles. The van der Waals surface area contributed by atoms with Crippen LogP contribution in [0.3, 0.4) is 0 Å². The van der Waals surface area contributed by atoms with Gasteiger partial charge in [0, 0.05) is 11.2 Å². The van der Waals surface area contributed by atoms with Crippen LogP contribution in [0.4, 0.5) is 5.95 Å². The molecule has 0 aliphatic carbocycles. The number of H-pyrrole nitrogens is 2. The van der Waals surface area contributed by atoms with E-state index in [1.165, 1.54) is 5.39 Å². The molecule has 2 aromatic heterocycles. The van der Waals surface area contributed by atoms with Crippen molar-refractivity contribution in [1.29, 1.82) is 0 Å². The summed E-state index contributed by atoms with van der Waals surface area (Å²) in [5.74, 6) is 0.474. The van der Waals surface area contributed by atoms with Crippen LogP contribution in [-0.4, -0.2) is 15.0 Å². The molecule has 0 spiro atoms. The van der Waals surface area contributed by atoms with E-state index in [-0.39, 0.29) is 5.56 Å². The molecule has 5 heteroatoms. The molecule has 4 aromatic rings. The topological polar surface area (TPSA) is 73.6 Å². The number of nitrogens with zero attached hydrogens (tertiary/aromatic N) is 1. The molecular weight excluding hydrogens is 276 g/mol. The van der Waals surface area contributed by atoms with Gasteiger partial charge in [-0.05, 0) is 29.7 Å². The Morgan fingerprint density at radius 1 is 1.00 bits per heavy atom. The fraction of sp³-hybridized carbons (Fsp3) is 0.0588. The van der Waals surface area contributed by atoms with Gasteiger partial charge in [-0.3, -0.25) is 9.78 Å². The van der Waals surface area contributed by atoms with Crippen molar-refractivity contribution in [3.05, 3.63) is 70.6 Å². The van der Waals surface area contributed by atoms with E-state index < -0.39 is 0 Å². The Kier molecular flexibility index (Phi) is 2.89. The zero-order valence-corrected chi connectivity index (χ0v) is 11.8. The molecule has 22 heavy (non-hydrogen) atoms. The summed E-state index contributed by atoms with van der Waals surface area (Å²) in [6.07, 6.45) is 0. The first-order valence-corrected chi connectivity index (χ1v) is 7.09. The van der Waals surface area contributed by atoms with Crippen LogP contribution in [0.1, 0.15) is 5.69 Å². The van der Waals surface area contributed by atoms with Crippen LogP contribution in [0, 0.1) is 0 Å². The molecule has 0 radical (unpaired) electrons. The average molecular weight is 290 g/mol. The Bertz CT molecular complexity index is 983. The van der Waals surface area contributed by atoms with Gasteiger partial charge in [-0.25, -0.2) is 4.98 Å². The van der Waals surface area contributed by atoms with Crippen LogP contribution >= 0.6 is 0 Å². The number of benzene rings is 2. The second kappa shape index (κ2) is 5.04. The van der Waals surface area contributed by atoms with Crippen LogP contribution in [0.15, 0.2) is 59.4 Å². The van der Waals surface area contributed by atoms with Crippen molar-refractivity contribution in [1.82, 2.24) is 15.0 Å². The number of fused-ring (bicyclic) bond motifs is 2. The molecular formula is C17H14N4O. The average Bonchev–Trinajstić information content (AvgIpc) is 2.96. The Morgan fingerprint density at radius 2 is 1.82 bits per heavy atom. The summed E-state index contributed by atoms with van der Waals surface area (Å²) in [7, 11) is 0. The molecule has 0 unspecified atom stereocenters. The fourth-order valence-electron chi connectivity index (χ4n) is 2.58. The Balaban J connectivity index is 1.62. The largest absolute Gasteiger partial charge is 0.357 e. The number of hydrogen-bond acceptors (Lipinski definition) is 3. The van der Waals surface area contributed by atoms with Crippen molar-refractivity contribution in [2.24, 2.45) is 0 Å². The van der Waals surface area contributed by atoms with Crippen molar-refractivity contribution in [3.63, 3.8) is 0 Å². The minimum Gasteiger partial charge on any atom is -0.357 e. The molecule has 3 N–H and O–H groups in total. The fourth-order valence-corrected chi connectivity index (χ4v) is 2.58. The van der Waals surface area contributed by atoms with Gasteiger partial charge in [0.1, 0.15) is 0 Å². The van der Waals surface area contributed by atoms with Gasteiger partial charge in [0.15, 0.2) is 0 Å². The minimum atomic E-state index is -0.134. The van der Waals surface area contributed by atoms with Crippen LogP contribution in [0.5, 0.6) is 0 Å². The van der Waals surface area contributed by atoms with Gasteiger partial charge >= 0.3 is 0 Å². The van der Waals surface area contributed by atoms with Crippen LogP contribution < -0.4 is 10.9 Å². The molecule has 0 fully saturated rings. The molecule has 0 aliphatic rings. The normalized spacial score (nSPS) is 11.1. The van der Waals surface area contributed by atoms with E-state index in [4.69, 9.17) is 0 Å². The lowest BCUT2D eigenvalue weighted by molar-refractivity contribution is 1.03. The predicted molar refractivity (Wildman–Crippen MR) is 88.0 cm³/mol. The number of anilines is 1. The van der Waals surface area contributed by atoms with Crippen molar-refractivity contribution in [2.45, 2.75) is 6.54 Å². The zero-order valence-electron chi connectivity index (χ0n) is 11.8. The quantitative estimate of drug-likeness (QED) is 0.543. The van der Waals surface area contributed by atoms with Crippen molar-refractivity contribution in [3.8, 4) is 0 Å². The van der Waals surface area contributed by atoms with E-state index in [2.05, 4.69) is 32.4 Å². The Labute approximate surface area is 126 Å². The number of hydrogen-bond donors (Lipinski definition) is 3. The molecule has 0 saturated heterocycles. The van der Waals surface area contributed by atoms with Gasteiger partial charge < -0.3 is 10.3 Å². The highest BCUT2D eigenvalue weighted by atomic mass is 16.1. The molecule has 0 amide bonds. The molecule has 5 nitrogen and oxygen atoms in total. The summed E-state index contributed by atoms with van der Waals surface area (Å²) in [4.78, 5) is 22.5. The van der Waals surface area contributed by atoms with Crippen LogP contribution in [-0.2, 0) is 6.54 Å². The van der Waals surface area contributed by atoms with Gasteiger partial charge in [0.05, 0.1) is 17.4 Å². The molecule has 0 bridgehead atoms. The van der Waals surface area contributed by atoms with E-state index >= 15 is 0 Å². The van der Waals surface area contributed by atoms with Crippen LogP contribution in [0.25, 0.3) is 21.8 Å². The molecule has 108 valence electrons. The Morgan fingerprint density at radius 3 is 2.73 bits per heavy atom. The van der Waals surface area contributed by atoms with Crippen molar-refractivity contribution < 1.29 is 0 Å². The first-order chi connectivity index (χ1) is 10.8. The van der Waals surface area contributed by atoms with E-state index in [1.54, 1.807) is 6.07 Å². The lowest BCUT2D eigenvalue weighted by Gasteiger charge is -2.05. The summed E-state index contributed by atoms with van der Waals surface area (Å²) in [6.45, 7) is 0.565. The predicted octanol–water partition coefficient (Wildman–Crippen LogP) is 3.02. The zero-order chi connectivity index (χ0) is 14.9. The van der Waals surface area contributed by atoms with Gasteiger partial charge in [0.2, 0.25) is 5.95 Å². The highest BCUT2D eigenvalue weighted by Gasteiger charge is 2.04. The van der Waals surface area contributed by atoms with Crippen LogP contribution in [0.2, 0.25) is 0 Å². The number of aromatic nitrogens is 3. The highest BCUT2D eigenvalue weighted by molar-refractivity contribution is 5.80. The smallest absolute Gasteiger partial charge is 0.260 e. The van der Waals surface area contributed by atoms with Gasteiger partial charge in [-0.1, -0.05) is 30.3 Å². The number of rotatable bonds is 3. The molecule has 0 saturated carbocycles. The summed E-state index contributed by atoms with van der Waals surface area (Å²) in [6, 6.07) is 17.5. The molecule has 2 aromatic carbocycles. The van der Waals surface area contributed by atoms with E-state index in [0.29, 0.717) is 23.4 Å². The van der Waals surface area contributed by atoms with E-state index in [9.17, 15) is 4.79 Å². The summed E-state index contributed by atoms with van der Waals surface area (Å²) >= 11 is 0. The minimum absolute atomic E-state index is 0.134. The van der Waals surface area contributed by atoms with E-state index in [0.717, 1.165) is 11.2 Å². The van der Waals surface area contributed by atoms with Crippen molar-refractivity contribution in [2.75, 3.05) is 5.32 Å². The third kappa shape index (κ3) is 2.22. The monoisotopic (exact) mass is 290 g/mol. The van der Waals surface area contributed by atoms with Gasteiger partial charge in [-0.2, -0.15) is 0 Å². The van der Waals surface area contributed by atoms with Gasteiger partial charge in [-0.15, -0.1) is 0 Å². The lowest BCUT2D eigenvalue weighted by Crippen LogP contribution is -2.13. The maximum Gasteiger partial charge on any atom is 0.260 e. The maximum atomic E-state index is 12.0.